The van der Waals surface area contributed by atoms with E-state index in [1.807, 2.05) is 25.5 Å². The first-order valence-corrected chi connectivity index (χ1v) is 5.43. The highest BCUT2D eigenvalue weighted by atomic mass is 16.5. The Bertz CT molecular complexity index is 504. The minimum absolute atomic E-state index is 0.385. The Balaban J connectivity index is 3.66. The third-order valence-electron chi connectivity index (χ3n) is 3.27. The Morgan fingerprint density at radius 3 is 2.29 bits per heavy atom. The Morgan fingerprint density at radius 2 is 1.88 bits per heavy atom. The van der Waals surface area contributed by atoms with Crippen LogP contribution in [0.15, 0.2) is 0 Å². The van der Waals surface area contributed by atoms with Gasteiger partial charge in [-0.1, -0.05) is 0 Å². The summed E-state index contributed by atoms with van der Waals surface area (Å²) in [6.07, 6.45) is 0. The number of carbonyl (C=O) groups is 1. The van der Waals surface area contributed by atoms with Crippen LogP contribution < -0.4 is 0 Å². The first kappa shape index (κ1) is 13.3. The van der Waals surface area contributed by atoms with Crippen LogP contribution in [0.5, 0.6) is 0 Å². The van der Waals surface area contributed by atoms with Gasteiger partial charge in [-0.3, -0.25) is 0 Å². The number of carbonyl (C=O) groups excluding carboxylic acids is 1. The fourth-order valence-electron chi connectivity index (χ4n) is 2.12. The second kappa shape index (κ2) is 4.25. The van der Waals surface area contributed by atoms with E-state index in [0.29, 0.717) is 5.56 Å². The molecule has 0 fully saturated rings. The van der Waals surface area contributed by atoms with E-state index in [9.17, 15) is 10.1 Å². The monoisotopic (exact) mass is 234 g/mol. The number of aromatic nitrogens is 1. The van der Waals surface area contributed by atoms with Crippen LogP contribution in [0.25, 0.3) is 0 Å². The molecule has 0 N–H and O–H groups in total. The molecule has 0 saturated heterocycles. The zero-order chi connectivity index (χ0) is 13.4. The summed E-state index contributed by atoms with van der Waals surface area (Å²) in [4.78, 5) is 11.8. The average Bonchev–Trinajstić information content (AvgIpc) is 2.53. The Kier molecular flexibility index (Phi) is 3.33. The lowest BCUT2D eigenvalue weighted by Gasteiger charge is -2.17. The molecule has 1 aromatic heterocycles. The van der Waals surface area contributed by atoms with E-state index in [4.69, 9.17) is 4.74 Å². The summed E-state index contributed by atoms with van der Waals surface area (Å²) in [5.41, 5.74) is 2.31. The molecule has 0 aliphatic carbocycles. The lowest BCUT2D eigenvalue weighted by atomic mass is 9.83. The normalized spacial score (nSPS) is 11.1. The van der Waals surface area contributed by atoms with Gasteiger partial charge in [-0.25, -0.2) is 4.79 Å². The van der Waals surface area contributed by atoms with Gasteiger partial charge in [-0.15, -0.1) is 0 Å². The van der Waals surface area contributed by atoms with Crippen LogP contribution in [0.4, 0.5) is 0 Å². The zero-order valence-corrected chi connectivity index (χ0v) is 11.2. The van der Waals surface area contributed by atoms with Crippen LogP contribution in [0.1, 0.15) is 41.2 Å². The molecule has 4 nitrogen and oxygen atoms in total. The van der Waals surface area contributed by atoms with E-state index < -0.39 is 5.41 Å². The maximum atomic E-state index is 11.8. The van der Waals surface area contributed by atoms with Crippen LogP contribution in [0.2, 0.25) is 0 Å². The molecule has 4 heteroatoms. The van der Waals surface area contributed by atoms with Gasteiger partial charge >= 0.3 is 5.97 Å². The van der Waals surface area contributed by atoms with Crippen LogP contribution in [-0.4, -0.2) is 17.6 Å². The zero-order valence-electron chi connectivity index (χ0n) is 11.2. The van der Waals surface area contributed by atoms with E-state index in [2.05, 4.69) is 6.07 Å². The topological polar surface area (TPSA) is 55.0 Å². The molecule has 0 aromatic carbocycles. The Hall–Kier alpha value is -1.76. The first-order valence-electron chi connectivity index (χ1n) is 5.43. The number of methoxy groups -OCH3 is 1. The maximum Gasteiger partial charge on any atom is 0.340 e. The molecule has 0 atom stereocenters. The number of nitrogens with zero attached hydrogens (tertiary/aromatic N) is 2. The van der Waals surface area contributed by atoms with E-state index in [1.165, 1.54) is 7.11 Å². The quantitative estimate of drug-likeness (QED) is 0.737. The summed E-state index contributed by atoms with van der Waals surface area (Å²) in [5.74, 6) is -0.385. The van der Waals surface area contributed by atoms with E-state index in [1.54, 1.807) is 13.8 Å². The van der Waals surface area contributed by atoms with E-state index in [-0.39, 0.29) is 5.97 Å². The second-order valence-electron chi connectivity index (χ2n) is 4.71. The molecule has 0 spiro atoms. The van der Waals surface area contributed by atoms with Gasteiger partial charge in [0.15, 0.2) is 0 Å². The molecular weight excluding hydrogens is 216 g/mol. The number of rotatable bonds is 2. The third kappa shape index (κ3) is 1.93. The number of hydrogen-bond donors (Lipinski definition) is 0. The van der Waals surface area contributed by atoms with Crippen molar-refractivity contribution in [3.05, 3.63) is 22.5 Å². The summed E-state index contributed by atoms with van der Waals surface area (Å²) in [6, 6.07) is 2.24. The van der Waals surface area contributed by atoms with Gasteiger partial charge in [-0.2, -0.15) is 5.26 Å². The predicted octanol–water partition coefficient (Wildman–Crippen LogP) is 2.23. The van der Waals surface area contributed by atoms with Gasteiger partial charge in [0.25, 0.3) is 0 Å². The molecule has 17 heavy (non-hydrogen) atoms. The summed E-state index contributed by atoms with van der Waals surface area (Å²) in [6.45, 7) is 7.38. The van der Waals surface area contributed by atoms with Crippen LogP contribution >= 0.6 is 0 Å². The standard InChI is InChI=1S/C13H18N2O2/c1-8-10(12(16)17-6)11(9(2)15(8)5)13(3,4)7-14/h1-6H3. The van der Waals surface area contributed by atoms with Gasteiger partial charge in [0, 0.05) is 24.0 Å². The Labute approximate surface area is 102 Å². The number of hydrogen-bond acceptors (Lipinski definition) is 3. The summed E-state index contributed by atoms with van der Waals surface area (Å²) in [5, 5.41) is 9.24. The highest BCUT2D eigenvalue weighted by Crippen LogP contribution is 2.33. The predicted molar refractivity (Wildman–Crippen MR) is 64.9 cm³/mol. The first-order chi connectivity index (χ1) is 7.77. The molecule has 1 heterocycles. The second-order valence-corrected chi connectivity index (χ2v) is 4.71. The fraction of sp³-hybridized carbons (Fsp3) is 0.538. The highest BCUT2D eigenvalue weighted by Gasteiger charge is 2.32. The molecule has 0 radical (unpaired) electrons. The molecular formula is C13H18N2O2. The number of esters is 1. The van der Waals surface area contributed by atoms with Crippen molar-refractivity contribution < 1.29 is 9.53 Å². The fourth-order valence-corrected chi connectivity index (χ4v) is 2.12. The smallest absolute Gasteiger partial charge is 0.340 e. The van der Waals surface area contributed by atoms with E-state index >= 15 is 0 Å². The van der Waals surface area contributed by atoms with Gasteiger partial charge in [0.05, 0.1) is 24.2 Å². The summed E-state index contributed by atoms with van der Waals surface area (Å²) >= 11 is 0. The molecule has 0 bridgehead atoms. The molecule has 92 valence electrons. The molecule has 1 aromatic rings. The minimum atomic E-state index is -0.709. The summed E-state index contributed by atoms with van der Waals surface area (Å²) < 4.78 is 6.72. The number of ether oxygens (including phenoxy) is 1. The number of nitriles is 1. The Morgan fingerprint density at radius 1 is 1.35 bits per heavy atom. The lowest BCUT2D eigenvalue weighted by molar-refractivity contribution is 0.0597. The van der Waals surface area contributed by atoms with Crippen molar-refractivity contribution in [1.82, 2.24) is 4.57 Å². The molecule has 0 unspecified atom stereocenters. The largest absolute Gasteiger partial charge is 0.465 e. The van der Waals surface area contributed by atoms with Gasteiger partial charge in [0.2, 0.25) is 0 Å². The third-order valence-corrected chi connectivity index (χ3v) is 3.27. The highest BCUT2D eigenvalue weighted by molar-refractivity contribution is 5.93. The molecule has 1 rings (SSSR count). The average molecular weight is 234 g/mol. The van der Waals surface area contributed by atoms with Crippen LogP contribution in [0, 0.1) is 25.2 Å². The van der Waals surface area contributed by atoms with Gasteiger partial charge in [-0.05, 0) is 27.7 Å². The van der Waals surface area contributed by atoms with Crippen LogP contribution in [-0.2, 0) is 17.2 Å². The molecule has 0 saturated carbocycles. The molecule has 0 aliphatic heterocycles. The minimum Gasteiger partial charge on any atom is -0.465 e. The van der Waals surface area contributed by atoms with Crippen molar-refractivity contribution in [1.29, 1.82) is 5.26 Å². The van der Waals surface area contributed by atoms with Gasteiger partial charge in [0.1, 0.15) is 0 Å². The van der Waals surface area contributed by atoms with Crippen molar-refractivity contribution in [2.24, 2.45) is 7.05 Å². The van der Waals surface area contributed by atoms with Gasteiger partial charge < -0.3 is 9.30 Å². The SMILES string of the molecule is COC(=O)c1c(C(C)(C)C#N)c(C)n(C)c1C. The lowest BCUT2D eigenvalue weighted by Crippen LogP contribution is -2.19. The van der Waals surface area contributed by atoms with E-state index in [0.717, 1.165) is 17.0 Å². The van der Waals surface area contributed by atoms with Crippen molar-refractivity contribution in [3.8, 4) is 6.07 Å². The van der Waals surface area contributed by atoms with Crippen molar-refractivity contribution in [2.45, 2.75) is 33.1 Å². The maximum absolute atomic E-state index is 11.8. The summed E-state index contributed by atoms with van der Waals surface area (Å²) in [7, 11) is 3.24. The van der Waals surface area contributed by atoms with Crippen molar-refractivity contribution in [3.63, 3.8) is 0 Å². The van der Waals surface area contributed by atoms with Crippen LogP contribution in [0.3, 0.4) is 0 Å². The van der Waals surface area contributed by atoms with Crippen molar-refractivity contribution in [2.75, 3.05) is 7.11 Å². The molecule has 0 aliphatic rings. The van der Waals surface area contributed by atoms with Crippen molar-refractivity contribution >= 4 is 5.97 Å². The molecule has 0 amide bonds.